The van der Waals surface area contributed by atoms with Crippen LogP contribution in [0, 0.1) is 0 Å². The molecule has 2 aromatic rings. The van der Waals surface area contributed by atoms with Crippen LogP contribution in [0.25, 0.3) is 0 Å². The van der Waals surface area contributed by atoms with Crippen molar-refractivity contribution in [3.05, 3.63) is 36.0 Å². The number of carbonyl (C=O) groups is 2. The highest BCUT2D eigenvalue weighted by Crippen LogP contribution is 2.22. The minimum Gasteiger partial charge on any atom is -0.453 e. The Morgan fingerprint density at radius 2 is 1.96 bits per heavy atom. The highest BCUT2D eigenvalue weighted by Gasteiger charge is 2.28. The molecule has 0 atom stereocenters. The summed E-state index contributed by atoms with van der Waals surface area (Å²) in [6.07, 6.45) is -4.18. The zero-order valence-electron chi connectivity index (χ0n) is 13.9. The minimum absolute atomic E-state index is 0.0834. The number of nitrogens with two attached hydrogens (primary N) is 1. The van der Waals surface area contributed by atoms with Crippen LogP contribution < -0.4 is 21.7 Å². The summed E-state index contributed by atoms with van der Waals surface area (Å²) in [5.41, 5.74) is 5.66. The Labute approximate surface area is 151 Å². The summed E-state index contributed by atoms with van der Waals surface area (Å²) in [7, 11) is 1.21. The van der Waals surface area contributed by atoms with E-state index in [1.807, 2.05) is 5.32 Å². The van der Waals surface area contributed by atoms with E-state index in [-0.39, 0.29) is 17.3 Å². The number of aromatic nitrogens is 2. The van der Waals surface area contributed by atoms with Gasteiger partial charge in [0.15, 0.2) is 0 Å². The van der Waals surface area contributed by atoms with Crippen LogP contribution in [0.3, 0.4) is 0 Å². The number of benzene rings is 1. The van der Waals surface area contributed by atoms with Crippen molar-refractivity contribution in [3.63, 3.8) is 0 Å². The van der Waals surface area contributed by atoms with Gasteiger partial charge >= 0.3 is 12.3 Å². The Morgan fingerprint density at radius 3 is 2.59 bits per heavy atom. The third-order valence-corrected chi connectivity index (χ3v) is 3.06. The maximum Gasteiger partial charge on any atom is 0.411 e. The van der Waals surface area contributed by atoms with Gasteiger partial charge in [-0.3, -0.25) is 10.1 Å². The Kier molecular flexibility index (Phi) is 6.00. The molecule has 0 bridgehead atoms. The zero-order chi connectivity index (χ0) is 20.0. The van der Waals surface area contributed by atoms with Crippen molar-refractivity contribution < 1.29 is 27.5 Å². The molecule has 0 aliphatic carbocycles. The van der Waals surface area contributed by atoms with Gasteiger partial charge in [-0.1, -0.05) is 6.07 Å². The van der Waals surface area contributed by atoms with E-state index in [9.17, 15) is 22.8 Å². The molecule has 0 unspecified atom stereocenters. The predicted octanol–water partition coefficient (Wildman–Crippen LogP) is 2.47. The monoisotopic (exact) mass is 384 g/mol. The molecule has 0 radical (unpaired) electrons. The number of anilines is 4. The number of methoxy groups -OCH3 is 1. The summed E-state index contributed by atoms with van der Waals surface area (Å²) in [5.74, 6) is -1.42. The van der Waals surface area contributed by atoms with Crippen molar-refractivity contribution in [3.8, 4) is 0 Å². The number of alkyl halides is 3. The Hall–Kier alpha value is -3.57. The summed E-state index contributed by atoms with van der Waals surface area (Å²) in [6.45, 7) is -1.40. The molecule has 0 aliphatic rings. The minimum atomic E-state index is -4.51. The van der Waals surface area contributed by atoms with Crippen LogP contribution in [0.1, 0.15) is 10.4 Å². The van der Waals surface area contributed by atoms with Gasteiger partial charge in [0, 0.05) is 17.6 Å². The predicted molar refractivity (Wildman–Crippen MR) is 90.8 cm³/mol. The molecule has 144 valence electrons. The van der Waals surface area contributed by atoms with E-state index in [2.05, 4.69) is 25.3 Å². The van der Waals surface area contributed by atoms with Crippen LogP contribution in [0.4, 0.5) is 41.1 Å². The Morgan fingerprint density at radius 1 is 1.26 bits per heavy atom. The number of ether oxygens (including phenoxy) is 1. The fourth-order valence-electron chi connectivity index (χ4n) is 1.91. The second-order valence-electron chi connectivity index (χ2n) is 5.11. The first-order chi connectivity index (χ1) is 12.7. The molecule has 27 heavy (non-hydrogen) atoms. The normalized spacial score (nSPS) is 10.8. The molecule has 5 N–H and O–H groups in total. The van der Waals surface area contributed by atoms with Gasteiger partial charge in [0.2, 0.25) is 5.95 Å². The molecule has 0 saturated heterocycles. The van der Waals surface area contributed by atoms with Crippen LogP contribution in [0.2, 0.25) is 0 Å². The topological polar surface area (TPSA) is 131 Å². The first-order valence-electron chi connectivity index (χ1n) is 7.37. The standard InChI is InChI=1S/C15H15F3N6O3/c1-27-14(26)23-9-4-2-3-8(5-9)22-13-20-6-10(11(19)25)12(24-13)21-7-15(16,17)18/h2-6H,7H2,1H3,(H2,19,25)(H,23,26)(H2,20,21,22,24). The third-order valence-electron chi connectivity index (χ3n) is 3.06. The molecular weight excluding hydrogens is 369 g/mol. The van der Waals surface area contributed by atoms with E-state index in [0.29, 0.717) is 11.4 Å². The molecule has 9 nitrogen and oxygen atoms in total. The second kappa shape index (κ2) is 8.21. The second-order valence-corrected chi connectivity index (χ2v) is 5.11. The molecule has 2 amide bonds. The summed E-state index contributed by atoms with van der Waals surface area (Å²) in [5, 5.41) is 7.22. The van der Waals surface area contributed by atoms with E-state index in [1.54, 1.807) is 18.2 Å². The Bertz CT molecular complexity index is 844. The number of rotatable bonds is 6. The molecule has 1 aromatic heterocycles. The Balaban J connectivity index is 2.22. The van der Waals surface area contributed by atoms with Crippen molar-refractivity contribution >= 4 is 35.1 Å². The van der Waals surface area contributed by atoms with Crippen molar-refractivity contribution in [2.24, 2.45) is 5.73 Å². The van der Waals surface area contributed by atoms with Gasteiger partial charge in [-0.05, 0) is 18.2 Å². The van der Waals surface area contributed by atoms with Crippen LogP contribution in [0.15, 0.2) is 30.5 Å². The number of carbonyl (C=O) groups excluding carboxylic acids is 2. The average molecular weight is 384 g/mol. The maximum atomic E-state index is 12.4. The van der Waals surface area contributed by atoms with Crippen molar-refractivity contribution in [2.75, 3.05) is 29.6 Å². The van der Waals surface area contributed by atoms with Crippen LogP contribution in [0.5, 0.6) is 0 Å². The van der Waals surface area contributed by atoms with Gasteiger partial charge in [-0.15, -0.1) is 0 Å². The average Bonchev–Trinajstić information content (AvgIpc) is 2.59. The van der Waals surface area contributed by atoms with Crippen molar-refractivity contribution in [2.45, 2.75) is 6.18 Å². The van der Waals surface area contributed by atoms with Gasteiger partial charge in [0.25, 0.3) is 5.91 Å². The van der Waals surface area contributed by atoms with Crippen molar-refractivity contribution in [1.82, 2.24) is 9.97 Å². The first-order valence-corrected chi connectivity index (χ1v) is 7.37. The molecule has 0 saturated carbocycles. The number of halogens is 3. The lowest BCUT2D eigenvalue weighted by Crippen LogP contribution is -2.24. The van der Waals surface area contributed by atoms with Crippen molar-refractivity contribution in [1.29, 1.82) is 0 Å². The van der Waals surface area contributed by atoms with E-state index in [1.165, 1.54) is 13.2 Å². The van der Waals surface area contributed by atoms with Gasteiger partial charge < -0.3 is 21.1 Å². The fraction of sp³-hybridized carbons (Fsp3) is 0.200. The first kappa shape index (κ1) is 19.8. The quantitative estimate of drug-likeness (QED) is 0.602. The molecule has 1 heterocycles. The lowest BCUT2D eigenvalue weighted by molar-refractivity contribution is -0.115. The van der Waals surface area contributed by atoms with Crippen LogP contribution >= 0.6 is 0 Å². The van der Waals surface area contributed by atoms with Gasteiger partial charge in [-0.2, -0.15) is 18.2 Å². The highest BCUT2D eigenvalue weighted by atomic mass is 19.4. The number of amides is 2. The number of nitrogens with one attached hydrogen (secondary N) is 3. The van der Waals surface area contributed by atoms with Gasteiger partial charge in [-0.25, -0.2) is 9.78 Å². The number of nitrogens with zero attached hydrogens (tertiary/aromatic N) is 2. The number of hydrogen-bond donors (Lipinski definition) is 4. The molecule has 0 fully saturated rings. The largest absolute Gasteiger partial charge is 0.453 e. The van der Waals surface area contributed by atoms with E-state index >= 15 is 0 Å². The lowest BCUT2D eigenvalue weighted by atomic mass is 10.2. The summed E-state index contributed by atoms with van der Waals surface area (Å²) in [4.78, 5) is 30.3. The summed E-state index contributed by atoms with van der Waals surface area (Å²) in [6, 6.07) is 6.32. The van der Waals surface area contributed by atoms with E-state index in [0.717, 1.165) is 6.20 Å². The van der Waals surface area contributed by atoms with E-state index in [4.69, 9.17) is 5.73 Å². The zero-order valence-corrected chi connectivity index (χ0v) is 13.9. The molecular formula is C15H15F3N6O3. The molecule has 12 heteroatoms. The molecule has 2 rings (SSSR count). The number of hydrogen-bond acceptors (Lipinski definition) is 7. The van der Waals surface area contributed by atoms with E-state index < -0.39 is 24.7 Å². The summed E-state index contributed by atoms with van der Waals surface area (Å²) < 4.78 is 41.7. The van der Waals surface area contributed by atoms with Gasteiger partial charge in [0.05, 0.1) is 12.7 Å². The highest BCUT2D eigenvalue weighted by molar-refractivity contribution is 5.97. The molecule has 0 aliphatic heterocycles. The lowest BCUT2D eigenvalue weighted by Gasteiger charge is -2.13. The molecule has 1 aromatic carbocycles. The van der Waals surface area contributed by atoms with Gasteiger partial charge in [0.1, 0.15) is 12.4 Å². The molecule has 0 spiro atoms. The maximum absolute atomic E-state index is 12.4. The van der Waals surface area contributed by atoms with Crippen LogP contribution in [-0.2, 0) is 4.74 Å². The smallest absolute Gasteiger partial charge is 0.411 e. The third kappa shape index (κ3) is 6.02. The van der Waals surface area contributed by atoms with Crippen LogP contribution in [-0.4, -0.2) is 41.8 Å². The number of primary amides is 1. The summed E-state index contributed by atoms with van der Waals surface area (Å²) >= 11 is 0. The fourth-order valence-corrected chi connectivity index (χ4v) is 1.91. The SMILES string of the molecule is COC(=O)Nc1cccc(Nc2ncc(C(N)=O)c(NCC(F)(F)F)n2)c1.